The second kappa shape index (κ2) is 9.63. The topological polar surface area (TPSA) is 84.5 Å². The molecule has 3 rings (SSSR count). The van der Waals surface area contributed by atoms with Gasteiger partial charge in [0.15, 0.2) is 0 Å². The van der Waals surface area contributed by atoms with Crippen LogP contribution in [-0.4, -0.2) is 21.4 Å². The van der Waals surface area contributed by atoms with Gasteiger partial charge in [-0.1, -0.05) is 35.9 Å². The lowest BCUT2D eigenvalue weighted by molar-refractivity contribution is 0.0939. The molecule has 0 aliphatic rings. The van der Waals surface area contributed by atoms with Crippen LogP contribution in [0.5, 0.6) is 5.75 Å². The largest absolute Gasteiger partial charge is 0.496 e. The van der Waals surface area contributed by atoms with E-state index in [1.54, 1.807) is 19.2 Å². The van der Waals surface area contributed by atoms with Gasteiger partial charge in [-0.15, -0.1) is 0 Å². The third kappa shape index (κ3) is 5.23. The zero-order chi connectivity index (χ0) is 23.5. The second-order valence-electron chi connectivity index (χ2n) is 7.49. The van der Waals surface area contributed by atoms with Crippen molar-refractivity contribution >= 4 is 33.2 Å². The van der Waals surface area contributed by atoms with E-state index in [1.165, 1.54) is 18.2 Å². The molecular formula is C24H25ClN2O4S. The average Bonchev–Trinajstić information content (AvgIpc) is 2.76. The summed E-state index contributed by atoms with van der Waals surface area (Å²) in [6.45, 7) is 5.66. The molecule has 1 atom stereocenters. The van der Waals surface area contributed by atoms with Crippen molar-refractivity contribution in [1.29, 1.82) is 0 Å². The molecule has 0 aromatic heterocycles. The Morgan fingerprint density at radius 3 is 2.41 bits per heavy atom. The maximum Gasteiger partial charge on any atom is 0.263 e. The van der Waals surface area contributed by atoms with E-state index >= 15 is 0 Å². The third-order valence-electron chi connectivity index (χ3n) is 5.20. The minimum Gasteiger partial charge on any atom is -0.496 e. The Hall–Kier alpha value is -3.03. The third-order valence-corrected chi connectivity index (χ3v) is 7.06. The lowest BCUT2D eigenvalue weighted by atomic mass is 10.1. The summed E-state index contributed by atoms with van der Waals surface area (Å²) in [4.78, 5) is 12.7. The fourth-order valence-electron chi connectivity index (χ4n) is 3.25. The zero-order valence-electron chi connectivity index (χ0n) is 18.3. The van der Waals surface area contributed by atoms with Gasteiger partial charge in [0.2, 0.25) is 0 Å². The van der Waals surface area contributed by atoms with Crippen LogP contribution in [-0.2, 0) is 10.0 Å². The molecule has 1 amide bonds. The molecule has 0 aliphatic carbocycles. The van der Waals surface area contributed by atoms with E-state index in [0.29, 0.717) is 11.4 Å². The van der Waals surface area contributed by atoms with Crippen LogP contribution in [0.25, 0.3) is 0 Å². The molecule has 0 saturated carbocycles. The molecule has 0 heterocycles. The number of anilines is 1. The summed E-state index contributed by atoms with van der Waals surface area (Å²) in [6, 6.07) is 16.4. The van der Waals surface area contributed by atoms with E-state index in [1.807, 2.05) is 51.1 Å². The minimum absolute atomic E-state index is 0.0238. The Morgan fingerprint density at radius 1 is 1.00 bits per heavy atom. The number of halogens is 1. The van der Waals surface area contributed by atoms with Crippen LogP contribution in [0.15, 0.2) is 65.6 Å². The predicted octanol–water partition coefficient (Wildman–Crippen LogP) is 5.26. The highest BCUT2D eigenvalue weighted by molar-refractivity contribution is 7.92. The van der Waals surface area contributed by atoms with Crippen LogP contribution in [0.2, 0.25) is 5.02 Å². The maximum atomic E-state index is 13.0. The van der Waals surface area contributed by atoms with Crippen LogP contribution in [0.1, 0.15) is 40.0 Å². The van der Waals surface area contributed by atoms with Gasteiger partial charge in [-0.25, -0.2) is 8.42 Å². The number of benzene rings is 3. The smallest absolute Gasteiger partial charge is 0.263 e. The summed E-state index contributed by atoms with van der Waals surface area (Å²) < 4.78 is 33.8. The number of ether oxygens (including phenoxy) is 1. The number of hydrogen-bond acceptors (Lipinski definition) is 4. The number of aryl methyl sites for hydroxylation is 2. The first-order chi connectivity index (χ1) is 15.1. The Kier molecular flexibility index (Phi) is 7.11. The summed E-state index contributed by atoms with van der Waals surface area (Å²) in [6.07, 6.45) is 0. The number of sulfonamides is 1. The number of carbonyl (C=O) groups is 1. The number of hydrogen-bond donors (Lipinski definition) is 2. The van der Waals surface area contributed by atoms with Gasteiger partial charge >= 0.3 is 0 Å². The second-order valence-corrected chi connectivity index (χ2v) is 9.54. The predicted molar refractivity (Wildman–Crippen MR) is 127 cm³/mol. The number of para-hydroxylation sites is 1. The molecule has 1 unspecified atom stereocenters. The number of carbonyl (C=O) groups excluding carboxylic acids is 1. The molecular weight excluding hydrogens is 448 g/mol. The van der Waals surface area contributed by atoms with Gasteiger partial charge in [-0.05, 0) is 68.3 Å². The SMILES string of the molecule is COc1ccccc1C(C)NC(=O)c1ccc(Cl)c(S(=O)(=O)Nc2ccc(C)c(C)c2)c1. The molecule has 0 saturated heterocycles. The highest BCUT2D eigenvalue weighted by Crippen LogP contribution is 2.27. The first-order valence-electron chi connectivity index (χ1n) is 9.96. The van der Waals surface area contributed by atoms with E-state index in [2.05, 4.69) is 10.0 Å². The van der Waals surface area contributed by atoms with Crippen LogP contribution in [0.4, 0.5) is 5.69 Å². The number of nitrogens with one attached hydrogen (secondary N) is 2. The number of rotatable bonds is 7. The van der Waals surface area contributed by atoms with Gasteiger partial charge in [-0.3, -0.25) is 9.52 Å². The van der Waals surface area contributed by atoms with E-state index in [4.69, 9.17) is 16.3 Å². The Balaban J connectivity index is 1.85. The lowest BCUT2D eigenvalue weighted by Crippen LogP contribution is -2.27. The van der Waals surface area contributed by atoms with Crippen molar-refractivity contribution < 1.29 is 17.9 Å². The molecule has 168 valence electrons. The summed E-state index contributed by atoms with van der Waals surface area (Å²) in [5.41, 5.74) is 3.41. The maximum absolute atomic E-state index is 13.0. The van der Waals surface area contributed by atoms with Gasteiger partial charge in [0.25, 0.3) is 15.9 Å². The first kappa shape index (κ1) is 23.6. The molecule has 8 heteroatoms. The van der Waals surface area contributed by atoms with Crippen molar-refractivity contribution in [2.75, 3.05) is 11.8 Å². The van der Waals surface area contributed by atoms with Crippen molar-refractivity contribution in [3.8, 4) is 5.75 Å². The fraction of sp³-hybridized carbons (Fsp3) is 0.208. The zero-order valence-corrected chi connectivity index (χ0v) is 19.8. The monoisotopic (exact) mass is 472 g/mol. The molecule has 3 aromatic carbocycles. The van der Waals surface area contributed by atoms with Gasteiger partial charge in [0, 0.05) is 16.8 Å². The number of amides is 1. The van der Waals surface area contributed by atoms with Gasteiger partial charge in [0.05, 0.1) is 18.2 Å². The summed E-state index contributed by atoms with van der Waals surface area (Å²) >= 11 is 6.18. The van der Waals surface area contributed by atoms with Gasteiger partial charge in [-0.2, -0.15) is 0 Å². The summed E-state index contributed by atoms with van der Waals surface area (Å²) in [7, 11) is -2.44. The van der Waals surface area contributed by atoms with Gasteiger partial charge < -0.3 is 10.1 Å². The Labute approximate surface area is 193 Å². The van der Waals surface area contributed by atoms with Crippen LogP contribution < -0.4 is 14.8 Å². The van der Waals surface area contributed by atoms with E-state index in [9.17, 15) is 13.2 Å². The summed E-state index contributed by atoms with van der Waals surface area (Å²) in [5, 5.41) is 2.90. The van der Waals surface area contributed by atoms with Crippen LogP contribution in [0, 0.1) is 13.8 Å². The van der Waals surface area contributed by atoms with Crippen molar-refractivity contribution in [2.24, 2.45) is 0 Å². The van der Waals surface area contributed by atoms with E-state index in [0.717, 1.165) is 16.7 Å². The standard InChI is InChI=1S/C24H25ClN2O4S/c1-15-9-11-19(13-16(15)2)27-32(29,30)23-14-18(10-12-21(23)25)24(28)26-17(3)20-7-5-6-8-22(20)31-4/h5-14,17,27H,1-4H3,(H,26,28). The molecule has 3 aromatic rings. The van der Waals surface area contributed by atoms with Crippen molar-refractivity contribution in [1.82, 2.24) is 5.32 Å². The molecule has 0 aliphatic heterocycles. The molecule has 0 spiro atoms. The molecule has 2 N–H and O–H groups in total. The van der Waals surface area contributed by atoms with Crippen molar-refractivity contribution in [3.05, 3.63) is 87.9 Å². The van der Waals surface area contributed by atoms with E-state index in [-0.39, 0.29) is 21.5 Å². The molecule has 6 nitrogen and oxygen atoms in total. The highest BCUT2D eigenvalue weighted by atomic mass is 35.5. The minimum atomic E-state index is -4.00. The molecule has 0 fully saturated rings. The quantitative estimate of drug-likeness (QED) is 0.491. The van der Waals surface area contributed by atoms with Crippen LogP contribution >= 0.6 is 11.6 Å². The number of methoxy groups -OCH3 is 1. The van der Waals surface area contributed by atoms with Gasteiger partial charge in [0.1, 0.15) is 10.6 Å². The molecule has 32 heavy (non-hydrogen) atoms. The molecule has 0 bridgehead atoms. The van der Waals surface area contributed by atoms with E-state index < -0.39 is 15.9 Å². The van der Waals surface area contributed by atoms with Crippen molar-refractivity contribution in [2.45, 2.75) is 31.7 Å². The Bertz CT molecular complexity index is 1260. The first-order valence-corrected chi connectivity index (χ1v) is 11.8. The van der Waals surface area contributed by atoms with Crippen molar-refractivity contribution in [3.63, 3.8) is 0 Å². The van der Waals surface area contributed by atoms with Crippen LogP contribution in [0.3, 0.4) is 0 Å². The summed E-state index contributed by atoms with van der Waals surface area (Å²) in [5.74, 6) is 0.222. The fourth-order valence-corrected chi connectivity index (χ4v) is 4.82. The normalized spacial score (nSPS) is 12.2. The lowest BCUT2D eigenvalue weighted by Gasteiger charge is -2.18. The Morgan fingerprint density at radius 2 is 1.72 bits per heavy atom. The average molecular weight is 473 g/mol. The highest BCUT2D eigenvalue weighted by Gasteiger charge is 2.22. The molecule has 0 radical (unpaired) electrons.